The van der Waals surface area contributed by atoms with Gasteiger partial charge in [-0.1, -0.05) is 35.3 Å². The molecule has 3 aromatic rings. The molecule has 1 atom stereocenters. The molecule has 0 saturated heterocycles. The van der Waals surface area contributed by atoms with Crippen molar-refractivity contribution in [1.82, 2.24) is 9.38 Å². The first kappa shape index (κ1) is 15.3. The number of benzene rings is 1. The van der Waals surface area contributed by atoms with Crippen molar-refractivity contribution < 1.29 is 4.90 Å². The van der Waals surface area contributed by atoms with E-state index < -0.39 is 0 Å². The molecular weight excluding hydrogens is 317 g/mol. The lowest BCUT2D eigenvalue weighted by Gasteiger charge is -2.13. The van der Waals surface area contributed by atoms with E-state index in [1.165, 1.54) is 16.0 Å². The first-order valence-corrected chi connectivity index (χ1v) is 7.96. The van der Waals surface area contributed by atoms with E-state index >= 15 is 0 Å². The molecule has 0 radical (unpaired) electrons. The van der Waals surface area contributed by atoms with Gasteiger partial charge in [-0.3, -0.25) is 0 Å². The van der Waals surface area contributed by atoms with Crippen molar-refractivity contribution in [3.05, 3.63) is 69.6 Å². The van der Waals surface area contributed by atoms with Crippen molar-refractivity contribution in [2.75, 3.05) is 7.05 Å². The van der Waals surface area contributed by atoms with Gasteiger partial charge >= 0.3 is 0 Å². The molecule has 0 aliphatic heterocycles. The molecule has 3 rings (SSSR count). The number of hydrogen-bond donors (Lipinski definition) is 1. The Morgan fingerprint density at radius 2 is 1.86 bits per heavy atom. The molecule has 0 aliphatic carbocycles. The monoisotopic (exact) mass is 334 g/mol. The molecule has 0 fully saturated rings. The van der Waals surface area contributed by atoms with E-state index in [9.17, 15) is 0 Å². The van der Waals surface area contributed by atoms with E-state index in [0.717, 1.165) is 24.4 Å². The number of nitrogens with one attached hydrogen (secondary N) is 1. The first-order chi connectivity index (χ1) is 10.5. The topological polar surface area (TPSA) is 21.7 Å². The minimum Gasteiger partial charge on any atom is -0.329 e. The van der Waals surface area contributed by atoms with Crippen molar-refractivity contribution in [2.24, 2.45) is 0 Å². The number of aryl methyl sites for hydroxylation is 1. The summed E-state index contributed by atoms with van der Waals surface area (Å²) in [5.41, 5.74) is 4.48. The summed E-state index contributed by atoms with van der Waals surface area (Å²) in [6, 6.07) is 9.93. The summed E-state index contributed by atoms with van der Waals surface area (Å²) in [6.45, 7) is 3.82. The van der Waals surface area contributed by atoms with Gasteiger partial charge in [0.1, 0.15) is 24.4 Å². The number of aromatic nitrogens is 2. The Hall–Kier alpha value is -1.55. The van der Waals surface area contributed by atoms with Crippen LogP contribution in [0.2, 0.25) is 10.0 Å². The van der Waals surface area contributed by atoms with E-state index in [2.05, 4.69) is 41.8 Å². The summed E-state index contributed by atoms with van der Waals surface area (Å²) in [5.74, 6) is 0. The SMILES string of the molecule is Cc1ccc2nc(C[NH+](C)Cc3ccc(Cl)c(Cl)c3)cn2c1. The van der Waals surface area contributed by atoms with E-state index in [-0.39, 0.29) is 0 Å². The molecule has 1 aromatic carbocycles. The van der Waals surface area contributed by atoms with Gasteiger partial charge in [-0.05, 0) is 30.7 Å². The highest BCUT2D eigenvalue weighted by molar-refractivity contribution is 6.42. The molecule has 22 heavy (non-hydrogen) atoms. The van der Waals surface area contributed by atoms with Crippen LogP contribution in [0.3, 0.4) is 0 Å². The van der Waals surface area contributed by atoms with Crippen LogP contribution >= 0.6 is 23.2 Å². The Morgan fingerprint density at radius 1 is 1.05 bits per heavy atom. The third-order valence-electron chi connectivity index (χ3n) is 3.62. The van der Waals surface area contributed by atoms with Crippen LogP contribution in [0.15, 0.2) is 42.7 Å². The van der Waals surface area contributed by atoms with Gasteiger partial charge in [0.25, 0.3) is 0 Å². The van der Waals surface area contributed by atoms with Gasteiger partial charge in [0, 0.05) is 18.0 Å². The third kappa shape index (κ3) is 3.43. The number of hydrogen-bond acceptors (Lipinski definition) is 1. The minimum atomic E-state index is 0.596. The maximum Gasteiger partial charge on any atom is 0.137 e. The first-order valence-electron chi connectivity index (χ1n) is 7.21. The summed E-state index contributed by atoms with van der Waals surface area (Å²) in [7, 11) is 2.15. The Labute approximate surface area is 140 Å². The van der Waals surface area contributed by atoms with Gasteiger partial charge in [-0.15, -0.1) is 0 Å². The largest absolute Gasteiger partial charge is 0.329 e. The Balaban J connectivity index is 1.72. The van der Waals surface area contributed by atoms with Crippen molar-refractivity contribution in [3.63, 3.8) is 0 Å². The van der Waals surface area contributed by atoms with Crippen LogP contribution in [-0.4, -0.2) is 16.4 Å². The number of imidazole rings is 1. The van der Waals surface area contributed by atoms with Crippen LogP contribution in [0.4, 0.5) is 0 Å². The second-order valence-corrected chi connectivity index (χ2v) is 6.58. The molecular formula is C17H18Cl2N3+. The number of quaternary nitrogens is 1. The molecule has 2 heterocycles. The summed E-state index contributed by atoms with van der Waals surface area (Å²) in [5, 5.41) is 1.20. The number of nitrogens with zero attached hydrogens (tertiary/aromatic N) is 2. The van der Waals surface area contributed by atoms with Crippen LogP contribution < -0.4 is 4.90 Å². The Bertz CT molecular complexity index is 811. The molecule has 3 nitrogen and oxygen atoms in total. The predicted molar refractivity (Wildman–Crippen MR) is 90.7 cm³/mol. The lowest BCUT2D eigenvalue weighted by atomic mass is 10.2. The quantitative estimate of drug-likeness (QED) is 0.777. The molecule has 1 unspecified atom stereocenters. The molecule has 114 valence electrons. The zero-order valence-electron chi connectivity index (χ0n) is 12.6. The molecule has 2 aromatic heterocycles. The second kappa shape index (κ2) is 6.29. The zero-order valence-corrected chi connectivity index (χ0v) is 14.1. The predicted octanol–water partition coefficient (Wildman–Crippen LogP) is 3.16. The highest BCUT2D eigenvalue weighted by atomic mass is 35.5. The highest BCUT2D eigenvalue weighted by Crippen LogP contribution is 2.22. The van der Waals surface area contributed by atoms with Gasteiger partial charge in [-0.25, -0.2) is 4.98 Å². The standard InChI is InChI=1S/C17H17Cl2N3/c1-12-3-6-17-20-14(11-22(17)8-12)10-21(2)9-13-4-5-15(18)16(19)7-13/h3-8,11H,9-10H2,1-2H3/p+1. The van der Waals surface area contributed by atoms with Gasteiger partial charge in [0.05, 0.1) is 17.1 Å². The van der Waals surface area contributed by atoms with E-state index in [1.54, 1.807) is 0 Å². The summed E-state index contributed by atoms with van der Waals surface area (Å²) in [4.78, 5) is 6.01. The fourth-order valence-corrected chi connectivity index (χ4v) is 2.93. The zero-order chi connectivity index (χ0) is 15.7. The van der Waals surface area contributed by atoms with Crippen LogP contribution in [0.5, 0.6) is 0 Å². The van der Waals surface area contributed by atoms with Crippen LogP contribution in [0, 0.1) is 6.92 Å². The van der Waals surface area contributed by atoms with E-state index in [0.29, 0.717) is 10.0 Å². The molecule has 1 N–H and O–H groups in total. The molecule has 0 spiro atoms. The van der Waals surface area contributed by atoms with Gasteiger partial charge in [0.2, 0.25) is 0 Å². The lowest BCUT2D eigenvalue weighted by Crippen LogP contribution is -3.06. The fraction of sp³-hybridized carbons (Fsp3) is 0.235. The molecule has 0 saturated carbocycles. The summed E-state index contributed by atoms with van der Waals surface area (Å²) < 4.78 is 2.08. The molecule has 0 aliphatic rings. The number of fused-ring (bicyclic) bond motifs is 1. The van der Waals surface area contributed by atoms with Crippen molar-refractivity contribution >= 4 is 28.8 Å². The fourth-order valence-electron chi connectivity index (χ4n) is 2.61. The van der Waals surface area contributed by atoms with E-state index in [1.807, 2.05) is 24.3 Å². The average Bonchev–Trinajstić information content (AvgIpc) is 2.84. The number of pyridine rings is 1. The lowest BCUT2D eigenvalue weighted by molar-refractivity contribution is -0.908. The smallest absolute Gasteiger partial charge is 0.137 e. The molecule has 0 amide bonds. The van der Waals surface area contributed by atoms with Gasteiger partial charge < -0.3 is 9.30 Å². The second-order valence-electron chi connectivity index (χ2n) is 5.76. The normalized spacial score (nSPS) is 12.7. The van der Waals surface area contributed by atoms with Crippen LogP contribution in [0.1, 0.15) is 16.8 Å². The van der Waals surface area contributed by atoms with Crippen molar-refractivity contribution in [2.45, 2.75) is 20.0 Å². The average molecular weight is 335 g/mol. The van der Waals surface area contributed by atoms with Crippen molar-refractivity contribution in [1.29, 1.82) is 0 Å². The minimum absolute atomic E-state index is 0.596. The van der Waals surface area contributed by atoms with Crippen LogP contribution in [-0.2, 0) is 13.1 Å². The Morgan fingerprint density at radius 3 is 2.64 bits per heavy atom. The molecule has 5 heteroatoms. The van der Waals surface area contributed by atoms with Crippen molar-refractivity contribution in [3.8, 4) is 0 Å². The maximum atomic E-state index is 6.07. The summed E-state index contributed by atoms with van der Waals surface area (Å²) >= 11 is 12.0. The highest BCUT2D eigenvalue weighted by Gasteiger charge is 2.10. The number of halogens is 2. The molecule has 0 bridgehead atoms. The third-order valence-corrected chi connectivity index (χ3v) is 4.36. The Kier molecular flexibility index (Phi) is 4.39. The van der Waals surface area contributed by atoms with Gasteiger partial charge in [0.15, 0.2) is 0 Å². The number of rotatable bonds is 4. The van der Waals surface area contributed by atoms with Gasteiger partial charge in [-0.2, -0.15) is 0 Å². The van der Waals surface area contributed by atoms with Crippen LogP contribution in [0.25, 0.3) is 5.65 Å². The maximum absolute atomic E-state index is 6.07. The summed E-state index contributed by atoms with van der Waals surface area (Å²) in [6.07, 6.45) is 4.20. The van der Waals surface area contributed by atoms with E-state index in [4.69, 9.17) is 23.2 Å².